The van der Waals surface area contributed by atoms with Crippen LogP contribution in [0.15, 0.2) is 18.5 Å². The zero-order chi connectivity index (χ0) is 10.4. The fourth-order valence-corrected chi connectivity index (χ4v) is 0.839. The van der Waals surface area contributed by atoms with Gasteiger partial charge in [-0.15, -0.1) is 0 Å². The minimum Gasteiger partial charge on any atom is -0.369 e. The average molecular weight is 188 g/mol. The molecule has 4 nitrogen and oxygen atoms in total. The standard InChI is InChI=1S/C10H8N2O2/c11-10(14)3-1-2-8-6-12-5-4-9(8)7-13/h4-7H,3H2,(H2,11,14). The molecule has 1 heterocycles. The zero-order valence-electron chi connectivity index (χ0n) is 7.36. The van der Waals surface area contributed by atoms with Gasteiger partial charge >= 0.3 is 0 Å². The molecule has 0 unspecified atom stereocenters. The Labute approximate surface area is 81.1 Å². The van der Waals surface area contributed by atoms with E-state index in [1.165, 1.54) is 12.4 Å². The van der Waals surface area contributed by atoms with E-state index in [4.69, 9.17) is 5.73 Å². The normalized spacial score (nSPS) is 8.57. The van der Waals surface area contributed by atoms with E-state index in [0.717, 1.165) is 0 Å². The topological polar surface area (TPSA) is 73.1 Å². The smallest absolute Gasteiger partial charge is 0.229 e. The highest BCUT2D eigenvalue weighted by molar-refractivity contribution is 5.80. The number of hydrogen-bond donors (Lipinski definition) is 1. The van der Waals surface area contributed by atoms with Crippen LogP contribution in [0.25, 0.3) is 0 Å². The maximum atomic E-state index is 10.5. The number of pyridine rings is 1. The van der Waals surface area contributed by atoms with Crippen LogP contribution in [-0.4, -0.2) is 17.2 Å². The monoisotopic (exact) mass is 188 g/mol. The summed E-state index contributed by atoms with van der Waals surface area (Å²) in [7, 11) is 0. The molecule has 0 bridgehead atoms. The predicted octanol–water partition coefficient (Wildman–Crippen LogP) is 0.121. The van der Waals surface area contributed by atoms with E-state index in [-0.39, 0.29) is 6.42 Å². The number of nitrogens with zero attached hydrogens (tertiary/aromatic N) is 1. The molecule has 4 heteroatoms. The van der Waals surface area contributed by atoms with Crippen LogP contribution in [0.2, 0.25) is 0 Å². The van der Waals surface area contributed by atoms with Crippen LogP contribution in [0.1, 0.15) is 22.3 Å². The molecule has 0 atom stereocenters. The van der Waals surface area contributed by atoms with Crippen LogP contribution >= 0.6 is 0 Å². The Hall–Kier alpha value is -2.15. The van der Waals surface area contributed by atoms with Crippen molar-refractivity contribution in [1.29, 1.82) is 0 Å². The van der Waals surface area contributed by atoms with Gasteiger partial charge in [-0.1, -0.05) is 11.8 Å². The third-order valence-electron chi connectivity index (χ3n) is 1.47. The number of aldehydes is 1. The lowest BCUT2D eigenvalue weighted by molar-refractivity contribution is -0.117. The van der Waals surface area contributed by atoms with E-state index in [1.807, 2.05) is 0 Å². The molecule has 70 valence electrons. The molecule has 0 saturated heterocycles. The minimum absolute atomic E-state index is 0.0206. The largest absolute Gasteiger partial charge is 0.369 e. The molecule has 1 aromatic rings. The van der Waals surface area contributed by atoms with Crippen molar-refractivity contribution in [2.45, 2.75) is 6.42 Å². The Kier molecular flexibility index (Phi) is 3.39. The van der Waals surface area contributed by atoms with Crippen LogP contribution in [0, 0.1) is 11.8 Å². The Morgan fingerprint density at radius 3 is 3.07 bits per heavy atom. The fraction of sp³-hybridized carbons (Fsp3) is 0.100. The summed E-state index contributed by atoms with van der Waals surface area (Å²) in [5.74, 6) is 4.71. The first-order valence-corrected chi connectivity index (χ1v) is 3.90. The fourth-order valence-electron chi connectivity index (χ4n) is 0.839. The molecular formula is C10H8N2O2. The van der Waals surface area contributed by atoms with Crippen molar-refractivity contribution in [2.24, 2.45) is 5.73 Å². The van der Waals surface area contributed by atoms with Gasteiger partial charge in [0.05, 0.1) is 12.0 Å². The van der Waals surface area contributed by atoms with E-state index in [2.05, 4.69) is 16.8 Å². The van der Waals surface area contributed by atoms with Crippen molar-refractivity contribution >= 4 is 12.2 Å². The molecule has 1 amide bonds. The van der Waals surface area contributed by atoms with Crippen molar-refractivity contribution in [3.05, 3.63) is 29.6 Å². The number of carbonyl (C=O) groups is 2. The Bertz CT molecular complexity index is 416. The molecule has 0 aliphatic heterocycles. The molecule has 0 spiro atoms. The van der Waals surface area contributed by atoms with E-state index in [1.54, 1.807) is 6.07 Å². The van der Waals surface area contributed by atoms with Gasteiger partial charge in [-0.3, -0.25) is 14.6 Å². The van der Waals surface area contributed by atoms with Crippen LogP contribution in [0.3, 0.4) is 0 Å². The molecule has 14 heavy (non-hydrogen) atoms. The average Bonchev–Trinajstić information content (AvgIpc) is 2.18. The highest BCUT2D eigenvalue weighted by atomic mass is 16.1. The summed E-state index contributed by atoms with van der Waals surface area (Å²) >= 11 is 0. The summed E-state index contributed by atoms with van der Waals surface area (Å²) in [6.07, 6.45) is 3.64. The van der Waals surface area contributed by atoms with Crippen molar-refractivity contribution in [3.63, 3.8) is 0 Å². The molecule has 0 aliphatic rings. The van der Waals surface area contributed by atoms with Gasteiger partial charge in [0.25, 0.3) is 0 Å². The van der Waals surface area contributed by atoms with Crippen LogP contribution in [-0.2, 0) is 4.79 Å². The van der Waals surface area contributed by atoms with Gasteiger partial charge in [0.2, 0.25) is 5.91 Å². The van der Waals surface area contributed by atoms with Gasteiger partial charge in [0, 0.05) is 18.0 Å². The van der Waals surface area contributed by atoms with Gasteiger partial charge < -0.3 is 5.73 Å². The van der Waals surface area contributed by atoms with Gasteiger partial charge in [0.15, 0.2) is 6.29 Å². The van der Waals surface area contributed by atoms with E-state index in [9.17, 15) is 9.59 Å². The maximum absolute atomic E-state index is 10.5. The lowest BCUT2D eigenvalue weighted by Gasteiger charge is -1.92. The number of rotatable bonds is 2. The summed E-state index contributed by atoms with van der Waals surface area (Å²) in [5, 5.41) is 0. The second-order valence-electron chi connectivity index (χ2n) is 2.53. The molecular weight excluding hydrogens is 180 g/mol. The van der Waals surface area contributed by atoms with Crippen LogP contribution < -0.4 is 5.73 Å². The number of aromatic nitrogens is 1. The second-order valence-corrected chi connectivity index (χ2v) is 2.53. The van der Waals surface area contributed by atoms with Crippen molar-refractivity contribution in [3.8, 4) is 11.8 Å². The van der Waals surface area contributed by atoms with Crippen molar-refractivity contribution in [2.75, 3.05) is 0 Å². The van der Waals surface area contributed by atoms with Crippen molar-refractivity contribution < 1.29 is 9.59 Å². The third-order valence-corrected chi connectivity index (χ3v) is 1.47. The first-order chi connectivity index (χ1) is 6.74. The third kappa shape index (κ3) is 2.72. The van der Waals surface area contributed by atoms with E-state index in [0.29, 0.717) is 17.4 Å². The lowest BCUT2D eigenvalue weighted by Crippen LogP contribution is -2.08. The summed E-state index contributed by atoms with van der Waals surface area (Å²) in [6, 6.07) is 1.56. The molecule has 0 saturated carbocycles. The molecule has 1 aromatic heterocycles. The summed E-state index contributed by atoms with van der Waals surface area (Å²) < 4.78 is 0. The number of nitrogens with two attached hydrogens (primary N) is 1. The summed E-state index contributed by atoms with van der Waals surface area (Å²) in [5.41, 5.74) is 5.86. The Morgan fingerprint density at radius 2 is 2.43 bits per heavy atom. The molecule has 1 rings (SSSR count). The van der Waals surface area contributed by atoms with Gasteiger partial charge in [0.1, 0.15) is 0 Å². The lowest BCUT2D eigenvalue weighted by atomic mass is 10.1. The summed E-state index contributed by atoms with van der Waals surface area (Å²) in [4.78, 5) is 24.7. The highest BCUT2D eigenvalue weighted by Gasteiger charge is 1.96. The van der Waals surface area contributed by atoms with Crippen LogP contribution in [0.5, 0.6) is 0 Å². The quantitative estimate of drug-likeness (QED) is 0.529. The van der Waals surface area contributed by atoms with Crippen molar-refractivity contribution in [1.82, 2.24) is 4.98 Å². The number of primary amides is 1. The van der Waals surface area contributed by atoms with Gasteiger partial charge in [-0.25, -0.2) is 0 Å². The SMILES string of the molecule is NC(=O)CC#Cc1cnccc1C=O. The number of amides is 1. The molecule has 0 radical (unpaired) electrons. The van der Waals surface area contributed by atoms with Gasteiger partial charge in [-0.05, 0) is 6.07 Å². The highest BCUT2D eigenvalue weighted by Crippen LogP contribution is 2.01. The Morgan fingerprint density at radius 1 is 1.64 bits per heavy atom. The second kappa shape index (κ2) is 4.77. The predicted molar refractivity (Wildman–Crippen MR) is 50.3 cm³/mol. The number of carbonyl (C=O) groups excluding carboxylic acids is 2. The summed E-state index contributed by atoms with van der Waals surface area (Å²) in [6.45, 7) is 0. The Balaban J connectivity index is 2.88. The van der Waals surface area contributed by atoms with Gasteiger partial charge in [-0.2, -0.15) is 0 Å². The zero-order valence-corrected chi connectivity index (χ0v) is 7.36. The molecule has 0 aliphatic carbocycles. The first-order valence-electron chi connectivity index (χ1n) is 3.90. The molecule has 0 aromatic carbocycles. The minimum atomic E-state index is -0.492. The maximum Gasteiger partial charge on any atom is 0.229 e. The molecule has 0 fully saturated rings. The molecule has 2 N–H and O–H groups in total. The van der Waals surface area contributed by atoms with E-state index < -0.39 is 5.91 Å². The first kappa shape index (κ1) is 9.93. The van der Waals surface area contributed by atoms with E-state index >= 15 is 0 Å². The van der Waals surface area contributed by atoms with Crippen LogP contribution in [0.4, 0.5) is 0 Å². The number of hydrogen-bond acceptors (Lipinski definition) is 3.